The van der Waals surface area contributed by atoms with E-state index >= 15 is 0 Å². The van der Waals surface area contributed by atoms with Gasteiger partial charge in [-0.25, -0.2) is 14.4 Å². The number of rotatable bonds is 5. The van der Waals surface area contributed by atoms with Gasteiger partial charge in [0.05, 0.1) is 0 Å². The molecule has 112 valence electrons. The van der Waals surface area contributed by atoms with Gasteiger partial charge < -0.3 is 10.4 Å². The number of aromatic nitrogens is 2. The fourth-order valence-electron chi connectivity index (χ4n) is 1.94. The predicted octanol–water partition coefficient (Wildman–Crippen LogP) is 3.06. The second-order valence-electron chi connectivity index (χ2n) is 5.59. The topological polar surface area (TPSA) is 58.0 Å². The fraction of sp³-hybridized carbons (Fsp3) is 0.375. The van der Waals surface area contributed by atoms with Crippen LogP contribution < -0.4 is 5.32 Å². The molecule has 0 saturated heterocycles. The van der Waals surface area contributed by atoms with Crippen molar-refractivity contribution in [3.8, 4) is 0 Å². The first kappa shape index (κ1) is 15.4. The monoisotopic (exact) mass is 289 g/mol. The van der Waals surface area contributed by atoms with E-state index in [1.807, 2.05) is 13.8 Å². The predicted molar refractivity (Wildman–Crippen MR) is 80.6 cm³/mol. The van der Waals surface area contributed by atoms with Crippen LogP contribution in [0.25, 0.3) is 0 Å². The molecule has 0 radical (unpaired) electrons. The highest BCUT2D eigenvalue weighted by molar-refractivity contribution is 5.35. The summed E-state index contributed by atoms with van der Waals surface area (Å²) in [5, 5.41) is 13.6. The lowest BCUT2D eigenvalue weighted by molar-refractivity contribution is 0.0711. The van der Waals surface area contributed by atoms with Crippen LogP contribution in [0.2, 0.25) is 0 Å². The van der Waals surface area contributed by atoms with Crippen molar-refractivity contribution in [2.75, 3.05) is 11.9 Å². The summed E-state index contributed by atoms with van der Waals surface area (Å²) in [7, 11) is 0. The molecule has 0 aliphatic carbocycles. The van der Waals surface area contributed by atoms with Crippen molar-refractivity contribution in [2.45, 2.75) is 32.3 Å². The number of hydrogen-bond donors (Lipinski definition) is 2. The summed E-state index contributed by atoms with van der Waals surface area (Å²) in [5.41, 5.74) is -0.668. The summed E-state index contributed by atoms with van der Waals surface area (Å²) in [5.74, 6) is 1.25. The van der Waals surface area contributed by atoms with Crippen LogP contribution in [0.4, 0.5) is 10.2 Å². The fourth-order valence-corrected chi connectivity index (χ4v) is 1.94. The van der Waals surface area contributed by atoms with Crippen molar-refractivity contribution in [1.82, 2.24) is 9.97 Å². The number of anilines is 1. The molecule has 4 nitrogen and oxygen atoms in total. The summed E-state index contributed by atoms with van der Waals surface area (Å²) in [6.45, 7) is 5.90. The highest BCUT2D eigenvalue weighted by Gasteiger charge is 2.23. The minimum absolute atomic E-state index is 0.227. The van der Waals surface area contributed by atoms with Gasteiger partial charge in [-0.1, -0.05) is 26.0 Å². The molecule has 21 heavy (non-hydrogen) atoms. The summed E-state index contributed by atoms with van der Waals surface area (Å²) in [6.07, 6.45) is 1.68. The molecule has 0 bridgehead atoms. The molecule has 1 aromatic carbocycles. The zero-order valence-electron chi connectivity index (χ0n) is 12.5. The van der Waals surface area contributed by atoms with E-state index in [0.29, 0.717) is 11.4 Å². The van der Waals surface area contributed by atoms with Crippen LogP contribution in [-0.2, 0) is 5.60 Å². The molecule has 0 amide bonds. The normalized spacial score (nSPS) is 14.0. The van der Waals surface area contributed by atoms with Gasteiger partial charge in [0.1, 0.15) is 23.1 Å². The van der Waals surface area contributed by atoms with Gasteiger partial charge in [0.25, 0.3) is 0 Å². The summed E-state index contributed by atoms with van der Waals surface area (Å²) in [4.78, 5) is 8.57. The first-order valence-corrected chi connectivity index (χ1v) is 6.94. The van der Waals surface area contributed by atoms with Crippen molar-refractivity contribution < 1.29 is 9.50 Å². The van der Waals surface area contributed by atoms with Crippen molar-refractivity contribution in [1.29, 1.82) is 0 Å². The van der Waals surface area contributed by atoms with Crippen molar-refractivity contribution in [3.05, 3.63) is 53.7 Å². The lowest BCUT2D eigenvalue weighted by atomic mass is 9.96. The Labute approximate surface area is 124 Å². The third kappa shape index (κ3) is 3.98. The number of benzene rings is 1. The average Bonchev–Trinajstić information content (AvgIpc) is 2.45. The highest BCUT2D eigenvalue weighted by Crippen LogP contribution is 2.22. The maximum atomic E-state index is 13.3. The molecule has 0 fully saturated rings. The van der Waals surface area contributed by atoms with E-state index < -0.39 is 5.60 Å². The van der Waals surface area contributed by atoms with Crippen LogP contribution >= 0.6 is 0 Å². The Morgan fingerprint density at radius 2 is 2.10 bits per heavy atom. The van der Waals surface area contributed by atoms with Gasteiger partial charge in [-0.15, -0.1) is 0 Å². The molecular formula is C16H20FN3O. The quantitative estimate of drug-likeness (QED) is 0.888. The summed E-state index contributed by atoms with van der Waals surface area (Å²) in [6, 6.07) is 7.71. The molecule has 2 N–H and O–H groups in total. The number of halogens is 1. The van der Waals surface area contributed by atoms with E-state index in [0.717, 1.165) is 5.82 Å². The van der Waals surface area contributed by atoms with Crippen LogP contribution in [0.15, 0.2) is 36.5 Å². The van der Waals surface area contributed by atoms with Gasteiger partial charge in [0.2, 0.25) is 0 Å². The van der Waals surface area contributed by atoms with Gasteiger partial charge in [-0.3, -0.25) is 0 Å². The van der Waals surface area contributed by atoms with Crippen LogP contribution in [-0.4, -0.2) is 21.6 Å². The van der Waals surface area contributed by atoms with E-state index in [1.165, 1.54) is 12.1 Å². The smallest absolute Gasteiger partial charge is 0.133 e. The van der Waals surface area contributed by atoms with E-state index in [9.17, 15) is 9.50 Å². The Hall–Kier alpha value is -2.01. The van der Waals surface area contributed by atoms with Gasteiger partial charge >= 0.3 is 0 Å². The summed E-state index contributed by atoms with van der Waals surface area (Å²) < 4.78 is 13.3. The first-order valence-electron chi connectivity index (χ1n) is 6.94. The molecule has 1 heterocycles. The highest BCUT2D eigenvalue weighted by atomic mass is 19.1. The van der Waals surface area contributed by atoms with Gasteiger partial charge in [-0.05, 0) is 30.7 Å². The third-order valence-electron chi connectivity index (χ3n) is 3.25. The van der Waals surface area contributed by atoms with E-state index in [4.69, 9.17) is 0 Å². The second-order valence-corrected chi connectivity index (χ2v) is 5.59. The average molecular weight is 289 g/mol. The maximum absolute atomic E-state index is 13.3. The van der Waals surface area contributed by atoms with Crippen LogP contribution in [0.3, 0.4) is 0 Å². The van der Waals surface area contributed by atoms with Crippen LogP contribution in [0.1, 0.15) is 38.1 Å². The van der Waals surface area contributed by atoms with E-state index in [2.05, 4.69) is 15.3 Å². The molecule has 2 rings (SSSR count). The van der Waals surface area contributed by atoms with Crippen LogP contribution in [0.5, 0.6) is 0 Å². The molecule has 1 atom stereocenters. The van der Waals surface area contributed by atoms with Gasteiger partial charge in [0, 0.05) is 18.7 Å². The minimum atomic E-state index is -1.19. The number of nitrogens with zero attached hydrogens (tertiary/aromatic N) is 2. The van der Waals surface area contributed by atoms with E-state index in [-0.39, 0.29) is 18.3 Å². The SMILES string of the molecule is CC(C)c1nccc(NCC(C)(O)c2cccc(F)c2)n1. The molecule has 2 aromatic rings. The van der Waals surface area contributed by atoms with Gasteiger partial charge in [-0.2, -0.15) is 0 Å². The Morgan fingerprint density at radius 1 is 1.33 bits per heavy atom. The molecule has 1 aromatic heterocycles. The standard InChI is InChI=1S/C16H20FN3O/c1-11(2)15-18-8-7-14(20-15)19-10-16(3,21)12-5-4-6-13(17)9-12/h4-9,11,21H,10H2,1-3H3,(H,18,19,20). The lowest BCUT2D eigenvalue weighted by Crippen LogP contribution is -2.31. The third-order valence-corrected chi connectivity index (χ3v) is 3.25. The molecule has 5 heteroatoms. The minimum Gasteiger partial charge on any atom is -0.384 e. The molecule has 0 aliphatic heterocycles. The van der Waals surface area contributed by atoms with Crippen LogP contribution in [0, 0.1) is 5.82 Å². The summed E-state index contributed by atoms with van der Waals surface area (Å²) >= 11 is 0. The zero-order chi connectivity index (χ0) is 15.5. The Morgan fingerprint density at radius 3 is 2.76 bits per heavy atom. The molecule has 0 spiro atoms. The van der Waals surface area contributed by atoms with Gasteiger partial charge in [0.15, 0.2) is 0 Å². The molecule has 0 saturated carbocycles. The number of aliphatic hydroxyl groups is 1. The molecule has 0 aliphatic rings. The Kier molecular flexibility index (Phi) is 4.53. The zero-order valence-corrected chi connectivity index (χ0v) is 12.5. The van der Waals surface area contributed by atoms with Crippen molar-refractivity contribution in [3.63, 3.8) is 0 Å². The van der Waals surface area contributed by atoms with Crippen molar-refractivity contribution in [2.24, 2.45) is 0 Å². The first-order chi connectivity index (χ1) is 9.88. The number of nitrogens with one attached hydrogen (secondary N) is 1. The molecular weight excluding hydrogens is 269 g/mol. The Balaban J connectivity index is 2.09. The van der Waals surface area contributed by atoms with Crippen molar-refractivity contribution >= 4 is 5.82 Å². The largest absolute Gasteiger partial charge is 0.384 e. The maximum Gasteiger partial charge on any atom is 0.133 e. The number of hydrogen-bond acceptors (Lipinski definition) is 4. The second kappa shape index (κ2) is 6.18. The van der Waals surface area contributed by atoms with E-state index in [1.54, 1.807) is 31.3 Å². The molecule has 1 unspecified atom stereocenters. The Bertz CT molecular complexity index is 614. The lowest BCUT2D eigenvalue weighted by Gasteiger charge is -2.24.